The average molecular weight is 575 g/mol. The van der Waals surface area contributed by atoms with E-state index in [1.807, 2.05) is 19.9 Å². The molecule has 3 heterocycles. The molecule has 1 aromatic heterocycles. The summed E-state index contributed by atoms with van der Waals surface area (Å²) in [6.45, 7) is 7.85. The van der Waals surface area contributed by atoms with E-state index in [4.69, 9.17) is 23.4 Å². The number of ether oxygens (including phenoxy) is 4. The molecule has 2 saturated heterocycles. The Morgan fingerprint density at radius 2 is 1.68 bits per heavy atom. The van der Waals surface area contributed by atoms with E-state index in [2.05, 4.69) is 0 Å². The molecule has 0 radical (unpaired) electrons. The summed E-state index contributed by atoms with van der Waals surface area (Å²) in [6.07, 6.45) is -2.27. The number of aliphatic hydroxyl groups is 3. The van der Waals surface area contributed by atoms with Crippen LogP contribution in [0.25, 0.3) is 0 Å². The van der Waals surface area contributed by atoms with Gasteiger partial charge < -0.3 is 38.7 Å². The molecule has 11 heteroatoms. The maximum atomic E-state index is 15.0. The Bertz CT molecular complexity index is 1310. The van der Waals surface area contributed by atoms with Gasteiger partial charge in [-0.15, -0.1) is 0 Å². The van der Waals surface area contributed by atoms with Crippen LogP contribution in [0.3, 0.4) is 0 Å². The standard InChI is InChI=1S/C30H38O11/c1-13(31)39-20-10-19(34)29-12-38-25(36)26(20,3)17(29)9-18(33)28(5)23(29)22(35)24(40-14(2)32)27(4)16(15-6-7-37-11-15)8-21-30(27,28)41-21/h6-7,11,16-21,23-25,33-34,36H,8-10,12H2,1-5H3/t16-,17+,18-,19+,20-,21-,23+,24+,25?,26+,27+,28-,29-,30-/m1/s1. The summed E-state index contributed by atoms with van der Waals surface area (Å²) in [5.41, 5.74) is -4.93. The van der Waals surface area contributed by atoms with Crippen molar-refractivity contribution in [2.45, 2.75) is 102 Å². The lowest BCUT2D eigenvalue weighted by molar-refractivity contribution is -0.373. The number of hydrogen-bond acceptors (Lipinski definition) is 11. The summed E-state index contributed by atoms with van der Waals surface area (Å²) >= 11 is 0. The number of furan rings is 1. The Kier molecular flexibility index (Phi) is 5.50. The zero-order valence-electron chi connectivity index (χ0n) is 23.9. The lowest BCUT2D eigenvalue weighted by atomic mass is 9.33. The van der Waals surface area contributed by atoms with Crippen LogP contribution in [0.2, 0.25) is 0 Å². The molecule has 4 saturated carbocycles. The molecule has 41 heavy (non-hydrogen) atoms. The van der Waals surface area contributed by atoms with Gasteiger partial charge in [-0.05, 0) is 30.4 Å². The highest BCUT2D eigenvalue weighted by Gasteiger charge is 2.92. The molecule has 11 nitrogen and oxygen atoms in total. The smallest absolute Gasteiger partial charge is 0.303 e. The van der Waals surface area contributed by atoms with E-state index in [0.717, 1.165) is 5.56 Å². The first-order valence-electron chi connectivity index (χ1n) is 14.5. The van der Waals surface area contributed by atoms with Crippen molar-refractivity contribution in [2.75, 3.05) is 6.61 Å². The highest BCUT2D eigenvalue weighted by atomic mass is 16.6. The van der Waals surface area contributed by atoms with Crippen molar-refractivity contribution in [3.05, 3.63) is 24.2 Å². The maximum absolute atomic E-state index is 15.0. The average Bonchev–Trinajstić information content (AvgIpc) is 3.26. The predicted octanol–water partition coefficient (Wildman–Crippen LogP) is 1.47. The molecule has 6 aliphatic rings. The first kappa shape index (κ1) is 27.5. The zero-order valence-corrected chi connectivity index (χ0v) is 23.9. The van der Waals surface area contributed by atoms with Gasteiger partial charge in [-0.2, -0.15) is 0 Å². The molecule has 0 aromatic carbocycles. The lowest BCUT2D eigenvalue weighted by Gasteiger charge is -2.73. The number of epoxide rings is 1. The van der Waals surface area contributed by atoms with Crippen LogP contribution in [0.5, 0.6) is 0 Å². The fourth-order valence-electron chi connectivity index (χ4n) is 11.0. The Morgan fingerprint density at radius 3 is 2.32 bits per heavy atom. The molecule has 0 amide bonds. The number of rotatable bonds is 3. The Morgan fingerprint density at radius 1 is 0.976 bits per heavy atom. The summed E-state index contributed by atoms with van der Waals surface area (Å²) < 4.78 is 29.5. The minimum Gasteiger partial charge on any atom is -0.472 e. The van der Waals surface area contributed by atoms with Crippen molar-refractivity contribution >= 4 is 17.7 Å². The van der Waals surface area contributed by atoms with E-state index in [1.165, 1.54) is 13.8 Å². The second-order valence-corrected chi connectivity index (χ2v) is 13.9. The van der Waals surface area contributed by atoms with E-state index in [1.54, 1.807) is 19.5 Å². The van der Waals surface area contributed by atoms with Crippen molar-refractivity contribution in [2.24, 2.45) is 33.5 Å². The van der Waals surface area contributed by atoms with Crippen molar-refractivity contribution in [1.82, 2.24) is 0 Å². The van der Waals surface area contributed by atoms with E-state index in [0.29, 0.717) is 6.42 Å². The summed E-state index contributed by atoms with van der Waals surface area (Å²) in [5.74, 6) is -3.56. The van der Waals surface area contributed by atoms with Crippen molar-refractivity contribution < 1.29 is 53.1 Å². The largest absolute Gasteiger partial charge is 0.472 e. The van der Waals surface area contributed by atoms with Gasteiger partial charge in [-0.25, -0.2) is 0 Å². The van der Waals surface area contributed by atoms with Crippen LogP contribution in [0, 0.1) is 33.5 Å². The van der Waals surface area contributed by atoms with E-state index in [-0.39, 0.29) is 31.5 Å². The minimum atomic E-state index is -1.36. The van der Waals surface area contributed by atoms with Crippen LogP contribution in [0.15, 0.2) is 23.0 Å². The molecule has 6 fully saturated rings. The predicted molar refractivity (Wildman–Crippen MR) is 137 cm³/mol. The monoisotopic (exact) mass is 574 g/mol. The fourth-order valence-corrected chi connectivity index (χ4v) is 11.0. The molecule has 1 unspecified atom stereocenters. The number of esters is 2. The van der Waals surface area contributed by atoms with Gasteiger partial charge in [-0.3, -0.25) is 14.4 Å². The molecular weight excluding hydrogens is 536 g/mol. The molecule has 224 valence electrons. The van der Waals surface area contributed by atoms with Crippen LogP contribution in [-0.2, 0) is 33.3 Å². The molecule has 1 aromatic rings. The number of ketones is 1. The molecule has 3 N–H and O–H groups in total. The summed E-state index contributed by atoms with van der Waals surface area (Å²) in [6, 6.07) is 1.84. The lowest BCUT2D eigenvalue weighted by Crippen LogP contribution is -2.82. The van der Waals surface area contributed by atoms with Gasteiger partial charge in [-0.1, -0.05) is 20.8 Å². The Hall–Kier alpha value is -2.31. The van der Waals surface area contributed by atoms with Gasteiger partial charge in [0, 0.05) is 42.9 Å². The molecule has 14 atom stereocenters. The number of carbonyl (C=O) groups is 3. The molecule has 4 aliphatic carbocycles. The van der Waals surface area contributed by atoms with Gasteiger partial charge >= 0.3 is 11.9 Å². The third-order valence-corrected chi connectivity index (χ3v) is 12.6. The first-order chi connectivity index (χ1) is 19.2. The van der Waals surface area contributed by atoms with E-state index >= 15 is 4.79 Å². The van der Waals surface area contributed by atoms with Gasteiger partial charge in [0.05, 0.1) is 48.3 Å². The molecule has 7 rings (SSSR count). The number of carbonyl (C=O) groups excluding carboxylic acids is 3. The maximum Gasteiger partial charge on any atom is 0.303 e. The number of hydrogen-bond donors (Lipinski definition) is 3. The molecule has 2 aliphatic heterocycles. The van der Waals surface area contributed by atoms with Gasteiger partial charge in [0.1, 0.15) is 11.7 Å². The third kappa shape index (κ3) is 2.85. The zero-order chi connectivity index (χ0) is 29.5. The van der Waals surface area contributed by atoms with Crippen molar-refractivity contribution in [3.8, 4) is 0 Å². The van der Waals surface area contributed by atoms with Crippen LogP contribution in [0.4, 0.5) is 0 Å². The van der Waals surface area contributed by atoms with Gasteiger partial charge in [0.15, 0.2) is 18.2 Å². The van der Waals surface area contributed by atoms with E-state index < -0.39 is 87.5 Å². The topological polar surface area (TPSA) is 165 Å². The molecule has 2 bridgehead atoms. The van der Waals surface area contributed by atoms with E-state index in [9.17, 15) is 24.9 Å². The highest BCUT2D eigenvalue weighted by Crippen LogP contribution is 2.82. The van der Waals surface area contributed by atoms with Crippen LogP contribution < -0.4 is 0 Å². The van der Waals surface area contributed by atoms with Crippen LogP contribution in [0.1, 0.15) is 65.4 Å². The van der Waals surface area contributed by atoms with Gasteiger partial charge in [0.2, 0.25) is 0 Å². The summed E-state index contributed by atoms with van der Waals surface area (Å²) in [7, 11) is 0. The molecule has 1 spiro atoms. The minimum absolute atomic E-state index is 0.0205. The number of Topliss-reactive ketones (excluding diaryl/α,β-unsaturated/α-hetero) is 1. The Balaban J connectivity index is 1.44. The first-order valence-corrected chi connectivity index (χ1v) is 14.5. The third-order valence-electron chi connectivity index (χ3n) is 12.6. The second kappa shape index (κ2) is 8.19. The number of aliphatic hydroxyl groups excluding tert-OH is 3. The Labute approximate surface area is 237 Å². The quantitative estimate of drug-likeness (QED) is 0.354. The van der Waals surface area contributed by atoms with Gasteiger partial charge in [0.25, 0.3) is 0 Å². The molecular formula is C30H38O11. The fraction of sp³-hybridized carbons (Fsp3) is 0.767. The second-order valence-electron chi connectivity index (χ2n) is 13.9. The summed E-state index contributed by atoms with van der Waals surface area (Å²) in [5, 5.41) is 35.4. The highest BCUT2D eigenvalue weighted by molar-refractivity contribution is 5.93. The normalized spacial score (nSPS) is 54.7. The number of fused-ring (bicyclic) bond motifs is 1. The van der Waals surface area contributed by atoms with Crippen molar-refractivity contribution in [1.29, 1.82) is 0 Å². The SMILES string of the molecule is CC(=O)O[C@@H]1C[C@H](O)[C@@]23COC(O)[C@@]1(C)[C@@H]2C[C@@H](O)[C@]1(C)[C@@H]3C(=O)[C@H](OC(C)=O)[C@]2(C)[C@@H](c3ccoc3)C[C@H]3O[C@]321. The van der Waals surface area contributed by atoms with Crippen LogP contribution >= 0.6 is 0 Å². The van der Waals surface area contributed by atoms with Crippen molar-refractivity contribution in [3.63, 3.8) is 0 Å². The summed E-state index contributed by atoms with van der Waals surface area (Å²) in [4.78, 5) is 39.7. The van der Waals surface area contributed by atoms with Crippen LogP contribution in [-0.4, -0.2) is 82.1 Å².